The molecule has 40 heavy (non-hydrogen) atoms. The van der Waals surface area contributed by atoms with Crippen molar-refractivity contribution < 1.29 is 33.1 Å². The van der Waals surface area contributed by atoms with E-state index in [-0.39, 0.29) is 6.04 Å². The smallest absolute Gasteiger partial charge is 0.444 e. The Morgan fingerprint density at radius 2 is 1.48 bits per heavy atom. The van der Waals surface area contributed by atoms with Gasteiger partial charge in [0.1, 0.15) is 11.2 Å². The third-order valence-corrected chi connectivity index (χ3v) is 6.92. The molecule has 1 saturated heterocycles. The van der Waals surface area contributed by atoms with Crippen molar-refractivity contribution >= 4 is 24.8 Å². The van der Waals surface area contributed by atoms with Crippen LogP contribution in [0, 0.1) is 0 Å². The molecule has 0 aliphatic carbocycles. The Hall–Kier alpha value is -2.30. The van der Waals surface area contributed by atoms with Crippen molar-refractivity contribution in [2.45, 2.75) is 123 Å². The zero-order chi connectivity index (χ0) is 30.4. The van der Waals surface area contributed by atoms with E-state index in [1.54, 1.807) is 12.0 Å². The first kappa shape index (κ1) is 33.9. The number of hydrogen-bond donors (Lipinski definition) is 1. The van der Waals surface area contributed by atoms with E-state index in [4.69, 9.17) is 23.5 Å². The number of unbranched alkanes of at least 4 members (excludes halogenated alkanes) is 1. The van der Waals surface area contributed by atoms with E-state index in [9.17, 15) is 9.59 Å². The number of nitrogens with one attached hydrogen (secondary N) is 1. The van der Waals surface area contributed by atoms with Crippen LogP contribution in [0.4, 0.5) is 9.59 Å². The Kier molecular flexibility index (Phi) is 11.5. The van der Waals surface area contributed by atoms with Gasteiger partial charge in [-0.05, 0) is 99.5 Å². The molecule has 9 nitrogen and oxygen atoms in total. The molecular weight excluding hydrogens is 511 g/mol. The third-order valence-electron chi connectivity index (χ3n) is 6.92. The molecule has 10 heteroatoms. The Morgan fingerprint density at radius 3 is 1.98 bits per heavy atom. The average molecular weight is 563 g/mol. The molecule has 0 radical (unpaired) electrons. The number of amides is 2. The fraction of sp³-hybridized carbons (Fsp3) is 0.733. The van der Waals surface area contributed by atoms with Crippen molar-refractivity contribution in [3.63, 3.8) is 0 Å². The SMILES string of the molecule is COC[C@@H](CCCCNC(=O)OC(C)(C)C)N(Cc1ccc(B2OC(C)(C)C(C)(C)O2)cc1)C(=O)OC(C)(C)C. The first-order valence-corrected chi connectivity index (χ1v) is 14.2. The van der Waals surface area contributed by atoms with Crippen molar-refractivity contribution in [3.8, 4) is 0 Å². The molecule has 1 fully saturated rings. The van der Waals surface area contributed by atoms with Gasteiger partial charge >= 0.3 is 19.3 Å². The highest BCUT2D eigenvalue weighted by atomic mass is 16.7. The van der Waals surface area contributed by atoms with Crippen LogP contribution in [0.25, 0.3) is 0 Å². The highest BCUT2D eigenvalue weighted by Gasteiger charge is 2.51. The zero-order valence-corrected chi connectivity index (χ0v) is 26.5. The van der Waals surface area contributed by atoms with Gasteiger partial charge in [-0.2, -0.15) is 0 Å². The van der Waals surface area contributed by atoms with Crippen LogP contribution in [0.5, 0.6) is 0 Å². The summed E-state index contributed by atoms with van der Waals surface area (Å²) in [6.45, 7) is 20.4. The first-order valence-electron chi connectivity index (χ1n) is 14.2. The van der Waals surface area contributed by atoms with Crippen LogP contribution < -0.4 is 10.8 Å². The Morgan fingerprint density at radius 1 is 0.925 bits per heavy atom. The summed E-state index contributed by atoms with van der Waals surface area (Å²) >= 11 is 0. The maximum Gasteiger partial charge on any atom is 0.494 e. The van der Waals surface area contributed by atoms with Gasteiger partial charge in [-0.3, -0.25) is 4.90 Å². The lowest BCUT2D eigenvalue weighted by atomic mass is 9.79. The van der Waals surface area contributed by atoms with Gasteiger partial charge in [0.05, 0.1) is 23.9 Å². The van der Waals surface area contributed by atoms with Crippen LogP contribution in [0.2, 0.25) is 0 Å². The number of carbonyl (C=O) groups is 2. The van der Waals surface area contributed by atoms with E-state index in [1.807, 2.05) is 93.5 Å². The molecule has 0 unspecified atom stereocenters. The summed E-state index contributed by atoms with van der Waals surface area (Å²) in [7, 11) is 1.18. The van der Waals surface area contributed by atoms with E-state index in [0.717, 1.165) is 23.9 Å². The van der Waals surface area contributed by atoms with Crippen molar-refractivity contribution in [3.05, 3.63) is 29.8 Å². The number of alkyl carbamates (subject to hydrolysis) is 1. The average Bonchev–Trinajstić information content (AvgIpc) is 3.01. The van der Waals surface area contributed by atoms with Crippen molar-refractivity contribution in [2.75, 3.05) is 20.3 Å². The van der Waals surface area contributed by atoms with Crippen LogP contribution in [0.1, 0.15) is 94.1 Å². The fourth-order valence-electron chi connectivity index (χ4n) is 4.15. The van der Waals surface area contributed by atoms with Gasteiger partial charge in [-0.1, -0.05) is 24.3 Å². The Labute approximate surface area is 241 Å². The number of carbonyl (C=O) groups excluding carboxylic acids is 2. The molecule has 1 aromatic rings. The lowest BCUT2D eigenvalue weighted by molar-refractivity contribution is 0.00171. The summed E-state index contributed by atoms with van der Waals surface area (Å²) in [5, 5.41) is 2.79. The van der Waals surface area contributed by atoms with Gasteiger partial charge in [-0.25, -0.2) is 9.59 Å². The predicted molar refractivity (Wildman–Crippen MR) is 158 cm³/mol. The molecule has 0 bridgehead atoms. The van der Waals surface area contributed by atoms with Crippen LogP contribution in [-0.2, 0) is 30.1 Å². The van der Waals surface area contributed by atoms with Gasteiger partial charge in [0.25, 0.3) is 0 Å². The topological polar surface area (TPSA) is 95.6 Å². The number of ether oxygens (including phenoxy) is 3. The molecule has 0 saturated carbocycles. The predicted octanol–water partition coefficient (Wildman–Crippen LogP) is 5.43. The third kappa shape index (κ3) is 10.6. The van der Waals surface area contributed by atoms with E-state index in [2.05, 4.69) is 5.32 Å². The molecular formula is C30H51BN2O7. The summed E-state index contributed by atoms with van der Waals surface area (Å²) < 4.78 is 28.9. The summed E-state index contributed by atoms with van der Waals surface area (Å²) in [5.41, 5.74) is -0.121. The second-order valence-corrected chi connectivity index (χ2v) is 13.5. The maximum atomic E-state index is 13.3. The van der Waals surface area contributed by atoms with Crippen molar-refractivity contribution in [1.29, 1.82) is 0 Å². The number of rotatable bonds is 11. The summed E-state index contributed by atoms with van der Waals surface area (Å²) in [4.78, 5) is 27.0. The minimum absolute atomic E-state index is 0.204. The highest BCUT2D eigenvalue weighted by molar-refractivity contribution is 6.62. The maximum absolute atomic E-state index is 13.3. The number of benzene rings is 1. The van der Waals surface area contributed by atoms with Crippen LogP contribution in [0.15, 0.2) is 24.3 Å². The van der Waals surface area contributed by atoms with Gasteiger partial charge in [-0.15, -0.1) is 0 Å². The molecule has 1 aromatic carbocycles. The molecule has 226 valence electrons. The second kappa shape index (κ2) is 13.6. The molecule has 0 spiro atoms. The molecule has 1 aliphatic rings. The Balaban J connectivity index is 2.09. The van der Waals surface area contributed by atoms with E-state index >= 15 is 0 Å². The quantitative estimate of drug-likeness (QED) is 0.284. The van der Waals surface area contributed by atoms with E-state index in [0.29, 0.717) is 26.1 Å². The van der Waals surface area contributed by atoms with Crippen LogP contribution in [0.3, 0.4) is 0 Å². The normalized spacial score (nSPS) is 17.3. The Bertz CT molecular complexity index is 952. The largest absolute Gasteiger partial charge is 0.494 e. The number of hydrogen-bond acceptors (Lipinski definition) is 7. The molecule has 1 N–H and O–H groups in total. The summed E-state index contributed by atoms with van der Waals surface area (Å²) in [6.07, 6.45) is 1.39. The van der Waals surface area contributed by atoms with Crippen LogP contribution >= 0.6 is 0 Å². The van der Waals surface area contributed by atoms with Gasteiger partial charge in [0, 0.05) is 20.2 Å². The highest BCUT2D eigenvalue weighted by Crippen LogP contribution is 2.36. The minimum Gasteiger partial charge on any atom is -0.444 e. The van der Waals surface area contributed by atoms with Crippen LogP contribution in [-0.4, -0.2) is 72.9 Å². The fourth-order valence-corrected chi connectivity index (χ4v) is 4.15. The van der Waals surface area contributed by atoms with Gasteiger partial charge in [0.2, 0.25) is 0 Å². The van der Waals surface area contributed by atoms with Gasteiger partial charge < -0.3 is 28.8 Å². The number of nitrogens with zero attached hydrogens (tertiary/aromatic N) is 1. The van der Waals surface area contributed by atoms with E-state index in [1.165, 1.54) is 0 Å². The molecule has 1 heterocycles. The zero-order valence-electron chi connectivity index (χ0n) is 26.5. The van der Waals surface area contributed by atoms with E-state index < -0.39 is 41.7 Å². The van der Waals surface area contributed by atoms with Gasteiger partial charge in [0.15, 0.2) is 0 Å². The first-order chi connectivity index (χ1) is 18.3. The monoisotopic (exact) mass is 562 g/mol. The molecule has 2 amide bonds. The van der Waals surface area contributed by atoms with Crippen molar-refractivity contribution in [2.24, 2.45) is 0 Å². The second-order valence-electron chi connectivity index (χ2n) is 13.5. The molecule has 1 atom stereocenters. The molecule has 0 aromatic heterocycles. The lowest BCUT2D eigenvalue weighted by Crippen LogP contribution is -2.45. The summed E-state index contributed by atoms with van der Waals surface area (Å²) in [5.74, 6) is 0. The number of methoxy groups -OCH3 is 1. The standard InChI is InChI=1S/C30H51BN2O7/c1-27(2,3)37-25(34)32-19-13-12-14-24(21-36-11)33(26(35)38-28(4,5)6)20-22-15-17-23(18-16-22)31-39-29(7,8)30(9,10)40-31/h15-18,24H,12-14,19-21H2,1-11H3,(H,32,34)/t24-/m1/s1. The molecule has 2 rings (SSSR count). The summed E-state index contributed by atoms with van der Waals surface area (Å²) in [6, 6.07) is 7.75. The molecule has 1 aliphatic heterocycles. The minimum atomic E-state index is -0.634. The lowest BCUT2D eigenvalue weighted by Gasteiger charge is -2.33. The van der Waals surface area contributed by atoms with Crippen molar-refractivity contribution in [1.82, 2.24) is 10.2 Å².